The van der Waals surface area contributed by atoms with Gasteiger partial charge >= 0.3 is 0 Å². The first-order valence-electron chi connectivity index (χ1n) is 5.79. The molecule has 1 aromatic carbocycles. The van der Waals surface area contributed by atoms with Crippen molar-refractivity contribution in [3.8, 4) is 5.75 Å². The summed E-state index contributed by atoms with van der Waals surface area (Å²) >= 11 is 0. The maximum Gasteiger partial charge on any atom is 0.237 e. The first-order chi connectivity index (χ1) is 9.31. The van der Waals surface area contributed by atoms with Crippen molar-refractivity contribution in [1.29, 1.82) is 0 Å². The zero-order valence-corrected chi connectivity index (χ0v) is 10.5. The molecule has 0 bridgehead atoms. The van der Waals surface area contributed by atoms with Crippen molar-refractivity contribution in [2.45, 2.75) is 18.9 Å². The smallest absolute Gasteiger partial charge is 0.237 e. The molecule has 1 atom stereocenters. The van der Waals surface area contributed by atoms with E-state index in [0.717, 1.165) is 12.1 Å². The van der Waals surface area contributed by atoms with Crippen LogP contribution in [0.5, 0.6) is 5.75 Å². The molecule has 6 nitrogen and oxygen atoms in total. The van der Waals surface area contributed by atoms with Gasteiger partial charge in [-0.05, 0) is 24.1 Å². The number of carbonyl (C=O) groups excluding carboxylic acids is 2. The lowest BCUT2D eigenvalue weighted by atomic mass is 10.1. The summed E-state index contributed by atoms with van der Waals surface area (Å²) in [6.45, 7) is 0.0783. The molecule has 20 heavy (non-hydrogen) atoms. The number of nitrogens with one attached hydrogen (secondary N) is 1. The Labute approximate surface area is 113 Å². The largest absolute Gasteiger partial charge is 0.503 e. The van der Waals surface area contributed by atoms with Gasteiger partial charge in [0.15, 0.2) is 17.4 Å². The van der Waals surface area contributed by atoms with E-state index < -0.39 is 35.2 Å². The second kappa shape index (κ2) is 6.80. The average molecular weight is 287 g/mol. The van der Waals surface area contributed by atoms with Gasteiger partial charge in [-0.15, -0.1) is 0 Å². The molecule has 8 heteroatoms. The Bertz CT molecular complexity index is 500. The Balaban J connectivity index is 2.49. The zero-order chi connectivity index (χ0) is 15.3. The van der Waals surface area contributed by atoms with Crippen LogP contribution in [0.2, 0.25) is 0 Å². The van der Waals surface area contributed by atoms with Crippen LogP contribution < -0.4 is 16.8 Å². The molecule has 0 fully saturated rings. The fraction of sp³-hybridized carbons (Fsp3) is 0.333. The van der Waals surface area contributed by atoms with Crippen LogP contribution in [-0.4, -0.2) is 29.5 Å². The minimum absolute atomic E-state index is 0.0783. The lowest BCUT2D eigenvalue weighted by molar-refractivity contribution is -0.126. The number of nitrogens with two attached hydrogens (primary N) is 2. The first kappa shape index (κ1) is 15.8. The molecule has 0 aliphatic heterocycles. The highest BCUT2D eigenvalue weighted by atomic mass is 19.1. The standard InChI is InChI=1S/C12H15F2N3O3/c13-7-3-6(4-8(14)11(7)19)1-2-17-12(20)9(15)5-10(16)18/h3-4,9,19H,1-2,5,15H2,(H2,16,18)(H,17,20)/t9-/m1/s1. The van der Waals surface area contributed by atoms with Gasteiger partial charge in [0.05, 0.1) is 12.5 Å². The summed E-state index contributed by atoms with van der Waals surface area (Å²) in [6, 6.07) is 0.878. The predicted octanol–water partition coefficient (Wildman–Crippen LogP) is -0.468. The second-order valence-corrected chi connectivity index (χ2v) is 4.23. The van der Waals surface area contributed by atoms with Crippen LogP contribution >= 0.6 is 0 Å². The highest BCUT2D eigenvalue weighted by molar-refractivity contribution is 5.87. The maximum atomic E-state index is 13.0. The number of aromatic hydroxyl groups is 1. The number of benzene rings is 1. The molecule has 0 aromatic heterocycles. The number of amides is 2. The van der Waals surface area contributed by atoms with E-state index in [1.165, 1.54) is 0 Å². The minimum atomic E-state index is -1.07. The number of primary amides is 1. The molecule has 1 aromatic rings. The summed E-state index contributed by atoms with van der Waals surface area (Å²) < 4.78 is 26.1. The average Bonchev–Trinajstić information content (AvgIpc) is 2.34. The second-order valence-electron chi connectivity index (χ2n) is 4.23. The summed E-state index contributed by atoms with van der Waals surface area (Å²) in [4.78, 5) is 22.0. The van der Waals surface area contributed by atoms with Crippen molar-refractivity contribution in [3.63, 3.8) is 0 Å². The van der Waals surface area contributed by atoms with Crippen LogP contribution in [0.15, 0.2) is 12.1 Å². The van der Waals surface area contributed by atoms with Crippen molar-refractivity contribution in [1.82, 2.24) is 5.32 Å². The molecule has 0 radical (unpaired) electrons. The molecule has 0 heterocycles. The summed E-state index contributed by atoms with van der Waals surface area (Å²) in [6.07, 6.45) is -0.141. The van der Waals surface area contributed by atoms with E-state index in [0.29, 0.717) is 0 Å². The summed E-state index contributed by atoms with van der Waals surface area (Å²) in [5, 5.41) is 11.3. The van der Waals surface area contributed by atoms with Crippen LogP contribution in [0, 0.1) is 11.6 Å². The Morgan fingerprint density at radius 3 is 2.35 bits per heavy atom. The van der Waals surface area contributed by atoms with Gasteiger partial charge in [0.1, 0.15) is 0 Å². The Kier molecular flexibility index (Phi) is 5.39. The molecule has 6 N–H and O–H groups in total. The number of carbonyl (C=O) groups is 2. The van der Waals surface area contributed by atoms with Gasteiger partial charge in [-0.3, -0.25) is 9.59 Å². The van der Waals surface area contributed by atoms with Gasteiger partial charge < -0.3 is 21.9 Å². The zero-order valence-electron chi connectivity index (χ0n) is 10.5. The number of hydrogen-bond donors (Lipinski definition) is 4. The van der Waals surface area contributed by atoms with E-state index in [2.05, 4.69) is 5.32 Å². The van der Waals surface area contributed by atoms with Gasteiger partial charge in [-0.2, -0.15) is 0 Å². The Morgan fingerprint density at radius 1 is 1.30 bits per heavy atom. The molecular formula is C12H15F2N3O3. The van der Waals surface area contributed by atoms with Crippen molar-refractivity contribution in [3.05, 3.63) is 29.3 Å². The van der Waals surface area contributed by atoms with E-state index in [1.54, 1.807) is 0 Å². The van der Waals surface area contributed by atoms with Gasteiger partial charge in [-0.25, -0.2) is 8.78 Å². The fourth-order valence-corrected chi connectivity index (χ4v) is 1.53. The molecule has 1 rings (SSSR count). The van der Waals surface area contributed by atoms with Gasteiger partial charge in [-0.1, -0.05) is 0 Å². The molecule has 0 saturated carbocycles. The third-order valence-electron chi connectivity index (χ3n) is 2.55. The summed E-state index contributed by atoms with van der Waals surface area (Å²) in [5.74, 6) is -4.46. The van der Waals surface area contributed by atoms with Crippen LogP contribution in [-0.2, 0) is 16.0 Å². The first-order valence-corrected chi connectivity index (χ1v) is 5.79. The van der Waals surface area contributed by atoms with Crippen LogP contribution in [0.1, 0.15) is 12.0 Å². The SMILES string of the molecule is NC(=O)C[C@@H](N)C(=O)NCCc1cc(F)c(O)c(F)c1. The third kappa shape index (κ3) is 4.47. The van der Waals surface area contributed by atoms with Crippen LogP contribution in [0.4, 0.5) is 8.78 Å². The Morgan fingerprint density at radius 2 is 1.85 bits per heavy atom. The fourth-order valence-electron chi connectivity index (χ4n) is 1.53. The topological polar surface area (TPSA) is 118 Å². The maximum absolute atomic E-state index is 13.0. The number of phenols is 1. The van der Waals surface area contributed by atoms with E-state index in [-0.39, 0.29) is 24.9 Å². The molecule has 2 amide bonds. The molecule has 0 aliphatic carbocycles. The number of rotatable bonds is 6. The molecular weight excluding hydrogens is 272 g/mol. The lowest BCUT2D eigenvalue weighted by Gasteiger charge is -2.10. The Hall–Kier alpha value is -2.22. The van der Waals surface area contributed by atoms with E-state index in [4.69, 9.17) is 16.6 Å². The third-order valence-corrected chi connectivity index (χ3v) is 2.55. The molecule has 0 aliphatic rings. The lowest BCUT2D eigenvalue weighted by Crippen LogP contribution is -2.43. The monoisotopic (exact) mass is 287 g/mol. The van der Waals surface area contributed by atoms with E-state index in [9.17, 15) is 18.4 Å². The van der Waals surface area contributed by atoms with Crippen molar-refractivity contribution in [2.24, 2.45) is 11.5 Å². The summed E-state index contributed by atoms with van der Waals surface area (Å²) in [5.41, 5.74) is 10.6. The van der Waals surface area contributed by atoms with Gasteiger partial charge in [0.2, 0.25) is 11.8 Å². The van der Waals surface area contributed by atoms with E-state index >= 15 is 0 Å². The molecule has 0 saturated heterocycles. The van der Waals surface area contributed by atoms with Crippen LogP contribution in [0.25, 0.3) is 0 Å². The van der Waals surface area contributed by atoms with Crippen molar-refractivity contribution >= 4 is 11.8 Å². The summed E-state index contributed by atoms with van der Waals surface area (Å²) in [7, 11) is 0. The number of hydrogen-bond acceptors (Lipinski definition) is 4. The minimum Gasteiger partial charge on any atom is -0.503 e. The highest BCUT2D eigenvalue weighted by Crippen LogP contribution is 2.21. The molecule has 0 spiro atoms. The van der Waals surface area contributed by atoms with Crippen molar-refractivity contribution < 1.29 is 23.5 Å². The quantitative estimate of drug-likeness (QED) is 0.565. The van der Waals surface area contributed by atoms with Crippen LogP contribution in [0.3, 0.4) is 0 Å². The van der Waals surface area contributed by atoms with Gasteiger partial charge in [0, 0.05) is 6.54 Å². The molecule has 110 valence electrons. The van der Waals surface area contributed by atoms with Crippen molar-refractivity contribution in [2.75, 3.05) is 6.54 Å². The normalized spacial score (nSPS) is 11.9. The van der Waals surface area contributed by atoms with E-state index in [1.807, 2.05) is 0 Å². The highest BCUT2D eigenvalue weighted by Gasteiger charge is 2.15. The number of phenolic OH excluding ortho intramolecular Hbond substituents is 1. The number of halogens is 2. The van der Waals surface area contributed by atoms with Gasteiger partial charge in [0.25, 0.3) is 0 Å². The molecule has 0 unspecified atom stereocenters. The predicted molar refractivity (Wildman–Crippen MR) is 66.5 cm³/mol.